The smallest absolute Gasteiger partial charge is 0.223 e. The first-order valence-electron chi connectivity index (χ1n) is 8.04. The number of benzene rings is 1. The molecular formula is C17H26N2O3S. The van der Waals surface area contributed by atoms with Crippen molar-refractivity contribution in [2.75, 3.05) is 32.9 Å². The zero-order valence-corrected chi connectivity index (χ0v) is 14.9. The molecule has 2 atom stereocenters. The molecule has 23 heavy (non-hydrogen) atoms. The lowest BCUT2D eigenvalue weighted by atomic mass is 9.81. The highest BCUT2D eigenvalue weighted by Gasteiger charge is 2.30. The second-order valence-electron chi connectivity index (χ2n) is 6.47. The van der Waals surface area contributed by atoms with Gasteiger partial charge in [0.05, 0.1) is 5.75 Å². The first kappa shape index (κ1) is 17.9. The van der Waals surface area contributed by atoms with E-state index >= 15 is 0 Å². The molecule has 0 spiro atoms. The van der Waals surface area contributed by atoms with Gasteiger partial charge in [0.1, 0.15) is 0 Å². The lowest BCUT2D eigenvalue weighted by Crippen LogP contribution is -2.43. The number of likely N-dealkylation sites (tertiary alicyclic amines) is 1. The van der Waals surface area contributed by atoms with Crippen molar-refractivity contribution < 1.29 is 13.2 Å². The van der Waals surface area contributed by atoms with Crippen molar-refractivity contribution >= 4 is 15.9 Å². The summed E-state index contributed by atoms with van der Waals surface area (Å²) in [6.07, 6.45) is 0.987. The molecule has 0 saturated carbocycles. The topological polar surface area (TPSA) is 57.7 Å². The normalized spacial score (nSPS) is 22.3. The molecule has 1 aliphatic heterocycles. The third-order valence-corrected chi connectivity index (χ3v) is 6.45. The van der Waals surface area contributed by atoms with Crippen molar-refractivity contribution in [3.8, 4) is 0 Å². The van der Waals surface area contributed by atoms with Gasteiger partial charge < -0.3 is 4.90 Å². The van der Waals surface area contributed by atoms with E-state index in [9.17, 15) is 13.2 Å². The molecule has 128 valence electrons. The Balaban J connectivity index is 1.91. The summed E-state index contributed by atoms with van der Waals surface area (Å²) in [4.78, 5) is 14.1. The maximum Gasteiger partial charge on any atom is 0.223 e. The summed E-state index contributed by atoms with van der Waals surface area (Å²) in [6.45, 7) is 3.55. The Morgan fingerprint density at radius 1 is 1.26 bits per heavy atom. The first-order valence-corrected chi connectivity index (χ1v) is 9.65. The van der Waals surface area contributed by atoms with Crippen molar-refractivity contribution in [3.05, 3.63) is 35.9 Å². The number of amides is 1. The predicted octanol–water partition coefficient (Wildman–Crippen LogP) is 1.92. The molecule has 0 bridgehead atoms. The number of rotatable bonds is 5. The summed E-state index contributed by atoms with van der Waals surface area (Å²) in [5, 5.41) is 0. The van der Waals surface area contributed by atoms with E-state index in [0.717, 1.165) is 6.42 Å². The molecule has 0 N–H and O–H groups in total. The van der Waals surface area contributed by atoms with Crippen LogP contribution in [0.1, 0.15) is 31.2 Å². The quantitative estimate of drug-likeness (QED) is 0.824. The van der Waals surface area contributed by atoms with Crippen LogP contribution in [0, 0.1) is 5.92 Å². The number of carbonyl (C=O) groups is 1. The number of sulfonamides is 1. The van der Waals surface area contributed by atoms with Gasteiger partial charge >= 0.3 is 0 Å². The highest BCUT2D eigenvalue weighted by Crippen LogP contribution is 2.32. The molecule has 1 amide bonds. The maximum atomic E-state index is 12.3. The van der Waals surface area contributed by atoms with Gasteiger partial charge in [-0.05, 0) is 23.8 Å². The second-order valence-corrected chi connectivity index (χ2v) is 8.77. The molecule has 0 aliphatic carbocycles. The van der Waals surface area contributed by atoms with Crippen molar-refractivity contribution in [1.29, 1.82) is 0 Å². The van der Waals surface area contributed by atoms with Crippen molar-refractivity contribution in [2.45, 2.75) is 25.7 Å². The van der Waals surface area contributed by atoms with Gasteiger partial charge in [0, 0.05) is 33.6 Å². The Morgan fingerprint density at radius 2 is 1.91 bits per heavy atom. The van der Waals surface area contributed by atoms with Crippen molar-refractivity contribution in [2.24, 2.45) is 5.92 Å². The van der Waals surface area contributed by atoms with E-state index in [4.69, 9.17) is 0 Å². The van der Waals surface area contributed by atoms with Gasteiger partial charge in [-0.25, -0.2) is 12.7 Å². The van der Waals surface area contributed by atoms with Crippen LogP contribution in [-0.4, -0.2) is 56.5 Å². The van der Waals surface area contributed by atoms with E-state index in [0.29, 0.717) is 24.9 Å². The number of hydrogen-bond donors (Lipinski definition) is 0. The second kappa shape index (κ2) is 7.45. The third kappa shape index (κ3) is 4.54. The van der Waals surface area contributed by atoms with Crippen LogP contribution < -0.4 is 0 Å². The largest absolute Gasteiger partial charge is 0.342 e. The van der Waals surface area contributed by atoms with E-state index < -0.39 is 10.0 Å². The molecule has 1 aromatic rings. The van der Waals surface area contributed by atoms with E-state index in [2.05, 4.69) is 19.1 Å². The Bertz CT molecular complexity index is 628. The van der Waals surface area contributed by atoms with Crippen LogP contribution in [0.5, 0.6) is 0 Å². The van der Waals surface area contributed by atoms with Crippen molar-refractivity contribution in [1.82, 2.24) is 9.21 Å². The van der Waals surface area contributed by atoms with E-state index in [-0.39, 0.29) is 18.1 Å². The molecule has 6 heteroatoms. The number of hydrogen-bond acceptors (Lipinski definition) is 3. The zero-order chi connectivity index (χ0) is 17.0. The van der Waals surface area contributed by atoms with Gasteiger partial charge in [-0.1, -0.05) is 37.3 Å². The van der Waals surface area contributed by atoms with E-state index in [1.54, 1.807) is 0 Å². The first-order chi connectivity index (χ1) is 10.8. The minimum atomic E-state index is -3.31. The average Bonchev–Trinajstić information content (AvgIpc) is 2.53. The zero-order valence-electron chi connectivity index (χ0n) is 14.1. The molecule has 0 radical (unpaired) electrons. The van der Waals surface area contributed by atoms with Crippen LogP contribution in [0.15, 0.2) is 30.3 Å². The van der Waals surface area contributed by atoms with Gasteiger partial charge in [-0.3, -0.25) is 4.79 Å². The third-order valence-electron chi connectivity index (χ3n) is 4.62. The van der Waals surface area contributed by atoms with Crippen LogP contribution in [0.3, 0.4) is 0 Å². The van der Waals surface area contributed by atoms with E-state index in [1.165, 1.54) is 24.0 Å². The summed E-state index contributed by atoms with van der Waals surface area (Å²) in [7, 11) is -0.327. The fraction of sp³-hybridized carbons (Fsp3) is 0.588. The predicted molar refractivity (Wildman–Crippen MR) is 91.6 cm³/mol. The Hall–Kier alpha value is -1.40. The molecule has 1 saturated heterocycles. The summed E-state index contributed by atoms with van der Waals surface area (Å²) >= 11 is 0. The Labute approximate surface area is 139 Å². The highest BCUT2D eigenvalue weighted by molar-refractivity contribution is 7.89. The molecule has 2 rings (SSSR count). The summed E-state index contributed by atoms with van der Waals surface area (Å²) in [5.74, 6) is 0.659. The van der Waals surface area contributed by atoms with Crippen LogP contribution in [0.4, 0.5) is 0 Å². The lowest BCUT2D eigenvalue weighted by molar-refractivity contribution is -0.132. The number of carbonyl (C=O) groups excluding carboxylic acids is 1. The van der Waals surface area contributed by atoms with Gasteiger partial charge in [0.25, 0.3) is 0 Å². The molecule has 1 heterocycles. The number of piperidine rings is 1. The molecule has 1 fully saturated rings. The van der Waals surface area contributed by atoms with E-state index in [1.807, 2.05) is 23.1 Å². The van der Waals surface area contributed by atoms with Gasteiger partial charge in [0.15, 0.2) is 0 Å². The van der Waals surface area contributed by atoms with Gasteiger partial charge in [-0.15, -0.1) is 0 Å². The van der Waals surface area contributed by atoms with Crippen molar-refractivity contribution in [3.63, 3.8) is 0 Å². The molecule has 2 unspecified atom stereocenters. The fourth-order valence-electron chi connectivity index (χ4n) is 3.12. The summed E-state index contributed by atoms with van der Waals surface area (Å²) in [6, 6.07) is 10.4. The number of nitrogens with zero attached hydrogens (tertiary/aromatic N) is 2. The SMILES string of the molecule is CC1CN(C(=O)CCS(=O)(=O)N(C)C)CCC1c1ccccc1. The van der Waals surface area contributed by atoms with Crippen LogP contribution in [0.2, 0.25) is 0 Å². The molecule has 0 aromatic heterocycles. The Kier molecular flexibility index (Phi) is 5.81. The summed E-state index contributed by atoms with van der Waals surface area (Å²) < 4.78 is 24.7. The highest BCUT2D eigenvalue weighted by atomic mass is 32.2. The minimum absolute atomic E-state index is 0.0588. The average molecular weight is 338 g/mol. The fourth-order valence-corrected chi connectivity index (χ4v) is 3.92. The lowest BCUT2D eigenvalue weighted by Gasteiger charge is -2.37. The van der Waals surface area contributed by atoms with Gasteiger partial charge in [0.2, 0.25) is 15.9 Å². The molecule has 5 nitrogen and oxygen atoms in total. The molecule has 1 aromatic carbocycles. The van der Waals surface area contributed by atoms with Crippen LogP contribution >= 0.6 is 0 Å². The minimum Gasteiger partial charge on any atom is -0.342 e. The monoisotopic (exact) mass is 338 g/mol. The maximum absolute atomic E-state index is 12.3. The Morgan fingerprint density at radius 3 is 2.48 bits per heavy atom. The van der Waals surface area contributed by atoms with Gasteiger partial charge in [-0.2, -0.15) is 0 Å². The van der Waals surface area contributed by atoms with Crippen LogP contribution in [0.25, 0.3) is 0 Å². The molecular weight excluding hydrogens is 312 g/mol. The van der Waals surface area contributed by atoms with Crippen LogP contribution in [-0.2, 0) is 14.8 Å². The summed E-state index contributed by atoms with van der Waals surface area (Å²) in [5.41, 5.74) is 1.32. The standard InChI is InChI=1S/C17H26N2O3S/c1-14-13-19(17(20)10-12-23(21,22)18(2)3)11-9-16(14)15-7-5-4-6-8-15/h4-8,14,16H,9-13H2,1-3H3. The molecule has 1 aliphatic rings.